The topological polar surface area (TPSA) is 38.3 Å². The Hall–Kier alpha value is -0.580. The molecule has 1 aromatic rings. The van der Waals surface area contributed by atoms with Crippen molar-refractivity contribution in [1.82, 2.24) is 5.32 Å². The summed E-state index contributed by atoms with van der Waals surface area (Å²) >= 11 is 6.09. The lowest BCUT2D eigenvalue weighted by atomic mass is 10.1. The van der Waals surface area contributed by atoms with Crippen molar-refractivity contribution in [3.8, 4) is 5.75 Å². The maximum Gasteiger partial charge on any atom is 0.127 e. The molecule has 5 heteroatoms. The normalized spacial score (nSPS) is 17.1. The molecule has 0 bridgehead atoms. The predicted molar refractivity (Wildman–Crippen MR) is 75.9 cm³/mol. The molecule has 1 aliphatic rings. The number of halogens is 1. The van der Waals surface area contributed by atoms with Crippen molar-refractivity contribution in [3.63, 3.8) is 0 Å². The first-order valence-electron chi connectivity index (χ1n) is 6.05. The lowest BCUT2D eigenvalue weighted by Gasteiger charge is -2.12. The molecule has 100 valence electrons. The monoisotopic (exact) mass is 287 g/mol. The molecule has 1 aliphatic heterocycles. The molecule has 3 nitrogen and oxygen atoms in total. The number of ether oxygens (including phenoxy) is 1. The second kappa shape index (κ2) is 6.04. The summed E-state index contributed by atoms with van der Waals surface area (Å²) in [5.41, 5.74) is 2.27. The molecule has 1 heterocycles. The molecule has 2 rings (SSSR count). The van der Waals surface area contributed by atoms with Crippen LogP contribution >= 0.6 is 11.6 Å². The van der Waals surface area contributed by atoms with E-state index in [0.717, 1.165) is 35.9 Å². The van der Waals surface area contributed by atoms with E-state index in [1.807, 2.05) is 19.1 Å². The van der Waals surface area contributed by atoms with E-state index in [0.29, 0.717) is 6.54 Å². The van der Waals surface area contributed by atoms with Crippen molar-refractivity contribution in [2.45, 2.75) is 25.1 Å². The summed E-state index contributed by atoms with van der Waals surface area (Å²) < 4.78 is 16.9. The molecule has 18 heavy (non-hydrogen) atoms. The van der Waals surface area contributed by atoms with Gasteiger partial charge < -0.3 is 10.1 Å². The van der Waals surface area contributed by atoms with Gasteiger partial charge in [-0.3, -0.25) is 4.21 Å². The van der Waals surface area contributed by atoms with Crippen LogP contribution < -0.4 is 10.1 Å². The lowest BCUT2D eigenvalue weighted by molar-refractivity contribution is 0.352. The Labute approximate surface area is 115 Å². The number of hydrogen-bond acceptors (Lipinski definition) is 3. The van der Waals surface area contributed by atoms with Gasteiger partial charge in [-0.1, -0.05) is 11.6 Å². The molecule has 2 atom stereocenters. The van der Waals surface area contributed by atoms with Crippen LogP contribution in [0.5, 0.6) is 5.75 Å². The zero-order valence-corrected chi connectivity index (χ0v) is 12.2. The highest BCUT2D eigenvalue weighted by Crippen LogP contribution is 2.32. The van der Waals surface area contributed by atoms with E-state index >= 15 is 0 Å². The summed E-state index contributed by atoms with van der Waals surface area (Å²) in [7, 11) is -0.792. The van der Waals surface area contributed by atoms with Crippen molar-refractivity contribution in [3.05, 3.63) is 28.3 Å². The SMILES string of the molecule is CC(CNCc1cc(Cl)cc2c1OCC2)S(C)=O. The van der Waals surface area contributed by atoms with E-state index in [-0.39, 0.29) is 5.25 Å². The van der Waals surface area contributed by atoms with E-state index in [1.165, 1.54) is 5.56 Å². The maximum atomic E-state index is 11.3. The molecular weight excluding hydrogens is 270 g/mol. The van der Waals surface area contributed by atoms with Gasteiger partial charge in [0.05, 0.1) is 6.61 Å². The van der Waals surface area contributed by atoms with Gasteiger partial charge in [-0.15, -0.1) is 0 Å². The summed E-state index contributed by atoms with van der Waals surface area (Å²) in [6.07, 6.45) is 2.66. The highest BCUT2D eigenvalue weighted by Gasteiger charge is 2.17. The molecule has 1 N–H and O–H groups in total. The molecule has 1 aromatic carbocycles. The summed E-state index contributed by atoms with van der Waals surface area (Å²) in [6.45, 7) is 4.13. The van der Waals surface area contributed by atoms with E-state index < -0.39 is 10.8 Å². The first-order valence-corrected chi connectivity index (χ1v) is 8.05. The Morgan fingerprint density at radius 3 is 3.06 bits per heavy atom. The number of nitrogens with one attached hydrogen (secondary N) is 1. The third-order valence-electron chi connectivity index (χ3n) is 3.14. The van der Waals surface area contributed by atoms with E-state index in [9.17, 15) is 4.21 Å². The molecule has 0 amide bonds. The van der Waals surface area contributed by atoms with Crippen LogP contribution in [0.3, 0.4) is 0 Å². The first kappa shape index (κ1) is 13.8. The smallest absolute Gasteiger partial charge is 0.127 e. The predicted octanol–water partition coefficient (Wildman–Crippen LogP) is 2.13. The van der Waals surface area contributed by atoms with Gasteiger partial charge in [0.2, 0.25) is 0 Å². The Morgan fingerprint density at radius 1 is 1.56 bits per heavy atom. The van der Waals surface area contributed by atoms with Gasteiger partial charge >= 0.3 is 0 Å². The summed E-state index contributed by atoms with van der Waals surface area (Å²) in [6, 6.07) is 3.91. The zero-order valence-electron chi connectivity index (χ0n) is 10.7. The minimum absolute atomic E-state index is 0.151. The fourth-order valence-electron chi connectivity index (χ4n) is 2.00. The van der Waals surface area contributed by atoms with E-state index in [4.69, 9.17) is 16.3 Å². The van der Waals surface area contributed by atoms with Crippen LogP contribution in [-0.4, -0.2) is 28.9 Å². The van der Waals surface area contributed by atoms with E-state index in [2.05, 4.69) is 5.32 Å². The second-order valence-electron chi connectivity index (χ2n) is 4.59. The molecule has 0 radical (unpaired) electrons. The highest BCUT2D eigenvalue weighted by atomic mass is 35.5. The van der Waals surface area contributed by atoms with Crippen LogP contribution in [0.2, 0.25) is 5.02 Å². The van der Waals surface area contributed by atoms with Crippen molar-refractivity contribution >= 4 is 22.4 Å². The third-order valence-corrected chi connectivity index (χ3v) is 4.66. The van der Waals surface area contributed by atoms with Crippen LogP contribution in [0.1, 0.15) is 18.1 Å². The van der Waals surface area contributed by atoms with Gasteiger partial charge in [-0.2, -0.15) is 0 Å². The number of hydrogen-bond donors (Lipinski definition) is 1. The molecule has 0 fully saturated rings. The van der Waals surface area contributed by atoms with Gasteiger partial charge in [0, 0.05) is 52.4 Å². The van der Waals surface area contributed by atoms with Crippen molar-refractivity contribution < 1.29 is 8.95 Å². The summed E-state index contributed by atoms with van der Waals surface area (Å²) in [5.74, 6) is 0.970. The van der Waals surface area contributed by atoms with Crippen LogP contribution in [-0.2, 0) is 23.8 Å². The highest BCUT2D eigenvalue weighted by molar-refractivity contribution is 7.84. The average Bonchev–Trinajstić information content (AvgIpc) is 2.76. The zero-order chi connectivity index (χ0) is 13.1. The molecule has 2 unspecified atom stereocenters. The quantitative estimate of drug-likeness (QED) is 0.902. The van der Waals surface area contributed by atoms with Crippen LogP contribution in [0.15, 0.2) is 12.1 Å². The minimum Gasteiger partial charge on any atom is -0.493 e. The fourth-order valence-corrected chi connectivity index (χ4v) is 2.62. The molecule has 0 spiro atoms. The Bertz CT molecular complexity index is 465. The maximum absolute atomic E-state index is 11.3. The van der Waals surface area contributed by atoms with E-state index in [1.54, 1.807) is 6.26 Å². The second-order valence-corrected chi connectivity index (χ2v) is 6.83. The third kappa shape index (κ3) is 3.25. The number of benzene rings is 1. The Kier molecular flexibility index (Phi) is 4.65. The van der Waals surface area contributed by atoms with Gasteiger partial charge in [-0.25, -0.2) is 0 Å². The van der Waals surface area contributed by atoms with Crippen molar-refractivity contribution in [2.24, 2.45) is 0 Å². The average molecular weight is 288 g/mol. The largest absolute Gasteiger partial charge is 0.493 e. The van der Waals surface area contributed by atoms with Crippen LogP contribution in [0.25, 0.3) is 0 Å². The van der Waals surface area contributed by atoms with Crippen molar-refractivity contribution in [2.75, 3.05) is 19.4 Å². The molecule has 0 aliphatic carbocycles. The fraction of sp³-hybridized carbons (Fsp3) is 0.538. The van der Waals surface area contributed by atoms with Crippen molar-refractivity contribution in [1.29, 1.82) is 0 Å². The van der Waals surface area contributed by atoms with Gasteiger partial charge in [-0.05, 0) is 24.6 Å². The molecule has 0 saturated carbocycles. The first-order chi connectivity index (χ1) is 8.58. The number of rotatable bonds is 5. The van der Waals surface area contributed by atoms with Gasteiger partial charge in [0.15, 0.2) is 0 Å². The molecule has 0 saturated heterocycles. The van der Waals surface area contributed by atoms with Crippen LogP contribution in [0, 0.1) is 0 Å². The van der Waals surface area contributed by atoms with Gasteiger partial charge in [0.1, 0.15) is 5.75 Å². The lowest BCUT2D eigenvalue weighted by Crippen LogP contribution is -2.27. The molecule has 0 aromatic heterocycles. The Morgan fingerprint density at radius 2 is 2.33 bits per heavy atom. The number of fused-ring (bicyclic) bond motifs is 1. The Balaban J connectivity index is 2.00. The minimum atomic E-state index is -0.792. The molecular formula is C13H18ClNO2S. The van der Waals surface area contributed by atoms with Gasteiger partial charge in [0.25, 0.3) is 0 Å². The summed E-state index contributed by atoms with van der Waals surface area (Å²) in [4.78, 5) is 0. The van der Waals surface area contributed by atoms with Crippen LogP contribution in [0.4, 0.5) is 0 Å². The summed E-state index contributed by atoms with van der Waals surface area (Å²) in [5, 5.41) is 4.21. The standard InChI is InChI=1S/C13H18ClNO2S/c1-9(18(2)16)7-15-8-11-6-12(14)5-10-3-4-17-13(10)11/h5-6,9,15H,3-4,7-8H2,1-2H3.